The summed E-state index contributed by atoms with van der Waals surface area (Å²) in [6.07, 6.45) is 0. The predicted octanol–water partition coefficient (Wildman–Crippen LogP) is 4.87. The van der Waals surface area contributed by atoms with Crippen LogP contribution in [0.5, 0.6) is 0 Å². The Bertz CT molecular complexity index is 2580. The summed E-state index contributed by atoms with van der Waals surface area (Å²) >= 11 is 0. The minimum absolute atomic E-state index is 0.0238. The Kier molecular flexibility index (Phi) is 12.6. The number of rotatable bonds is 8. The summed E-state index contributed by atoms with van der Waals surface area (Å²) in [4.78, 5) is 94.2. The molecule has 62 heavy (non-hydrogen) atoms. The number of carboxylic acids is 8. The molecule has 5 aromatic rings. The summed E-state index contributed by atoms with van der Waals surface area (Å²) < 4.78 is 0. The molecule has 0 saturated carbocycles. The minimum atomic E-state index is -1.46. The van der Waals surface area contributed by atoms with Crippen molar-refractivity contribution in [2.45, 2.75) is 0 Å². The molecule has 0 radical (unpaired) electrons. The molecule has 0 heterocycles. The summed E-state index contributed by atoms with van der Waals surface area (Å²) in [7, 11) is 0. The lowest BCUT2D eigenvalue weighted by Gasteiger charge is -2.05. The molecule has 8 N–H and O–H groups in total. The normalized spacial score (nSPS) is 9.81. The van der Waals surface area contributed by atoms with E-state index in [1.807, 2.05) is 0 Å². The van der Waals surface area contributed by atoms with Gasteiger partial charge < -0.3 is 40.9 Å². The highest BCUT2D eigenvalue weighted by molar-refractivity contribution is 5.97. The van der Waals surface area contributed by atoms with Crippen molar-refractivity contribution >= 4 is 47.8 Å². The number of aromatic carboxylic acids is 8. The maximum absolute atomic E-state index is 11.8. The molecule has 0 aliphatic rings. The fourth-order valence-corrected chi connectivity index (χ4v) is 5.36. The maximum Gasteiger partial charge on any atom is 0.335 e. The van der Waals surface area contributed by atoms with Gasteiger partial charge in [-0.15, -0.1) is 0 Å². The molecule has 5 rings (SSSR count). The number of hydrogen-bond donors (Lipinski definition) is 8. The van der Waals surface area contributed by atoms with E-state index >= 15 is 0 Å². The van der Waals surface area contributed by atoms with Gasteiger partial charge in [-0.1, -0.05) is 47.4 Å². The Hall–Kier alpha value is -9.90. The Morgan fingerprint density at radius 2 is 0.371 bits per heavy atom. The molecule has 5 aromatic carbocycles. The number of carboxylic acid groups (broad SMARTS) is 8. The molecule has 302 valence electrons. The molecule has 0 bridgehead atoms. The van der Waals surface area contributed by atoms with Crippen molar-refractivity contribution in [2.24, 2.45) is 0 Å². The summed E-state index contributed by atoms with van der Waals surface area (Å²) in [6, 6.07) is 14.9. The SMILES string of the molecule is O=C(O)c1cc(C#Cc2cc(C#Cc3cc(C(=O)O)cc(C(=O)O)c3)c(C#Cc3cc(C(=O)O)cc(C(=O)O)c3)cc2C#Cc2cc(C(=O)O)cc(C(=O)O)c2)cc(C(=O)O)c1. The molecule has 0 spiro atoms. The predicted molar refractivity (Wildman–Crippen MR) is 212 cm³/mol. The van der Waals surface area contributed by atoms with E-state index in [1.165, 1.54) is 12.1 Å². The molecule has 16 heteroatoms. The highest BCUT2D eigenvalue weighted by atomic mass is 16.4. The van der Waals surface area contributed by atoms with E-state index in [4.69, 9.17) is 0 Å². The fourth-order valence-electron chi connectivity index (χ4n) is 5.36. The number of benzene rings is 5. The smallest absolute Gasteiger partial charge is 0.335 e. The molecular formula is C46H22O16. The van der Waals surface area contributed by atoms with Gasteiger partial charge >= 0.3 is 47.8 Å². The molecule has 0 fully saturated rings. The van der Waals surface area contributed by atoms with Crippen LogP contribution in [0.1, 0.15) is 127 Å². The van der Waals surface area contributed by atoms with Crippen molar-refractivity contribution in [3.63, 3.8) is 0 Å². The largest absolute Gasteiger partial charge is 0.478 e. The second kappa shape index (κ2) is 18.1. The van der Waals surface area contributed by atoms with E-state index in [-0.39, 0.29) is 44.5 Å². The highest BCUT2D eigenvalue weighted by Gasteiger charge is 2.15. The van der Waals surface area contributed by atoms with Crippen LogP contribution in [-0.2, 0) is 0 Å². The molecule has 0 unspecified atom stereocenters. The van der Waals surface area contributed by atoms with Gasteiger partial charge in [0.2, 0.25) is 0 Å². The zero-order valence-corrected chi connectivity index (χ0v) is 30.9. The van der Waals surface area contributed by atoms with E-state index in [2.05, 4.69) is 47.4 Å². The van der Waals surface area contributed by atoms with Crippen LogP contribution in [0.15, 0.2) is 84.9 Å². The average molecular weight is 831 g/mol. The topological polar surface area (TPSA) is 298 Å². The lowest BCUT2D eigenvalue weighted by Crippen LogP contribution is -2.03. The summed E-state index contributed by atoms with van der Waals surface area (Å²) in [5.41, 5.74) is -3.76. The molecule has 16 nitrogen and oxygen atoms in total. The monoisotopic (exact) mass is 830 g/mol. The van der Waals surface area contributed by atoms with Crippen LogP contribution in [0.3, 0.4) is 0 Å². The molecule has 0 aliphatic carbocycles. The highest BCUT2D eigenvalue weighted by Crippen LogP contribution is 2.20. The fraction of sp³-hybridized carbons (Fsp3) is 0. The van der Waals surface area contributed by atoms with Crippen LogP contribution < -0.4 is 0 Å². The quantitative estimate of drug-likeness (QED) is 0.0968. The van der Waals surface area contributed by atoms with Crippen LogP contribution >= 0.6 is 0 Å². The van der Waals surface area contributed by atoms with Gasteiger partial charge in [0.05, 0.1) is 44.5 Å². The molecule has 0 saturated heterocycles. The zero-order chi connectivity index (χ0) is 45.4. The van der Waals surface area contributed by atoms with Gasteiger partial charge in [-0.25, -0.2) is 38.4 Å². The standard InChI is InChI=1S/C46H22O16/c47-39(48)31-9-23(10-32(19-31)40(49)50)1-5-27-17-29(7-3-25-13-35(43(55)56)21-36(14-25)44(57)58)30(8-4-26-15-37(45(59)60)22-38(16-26)46(61)62)18-28(27)6-2-24-11-33(41(51)52)20-34(12-24)42(53)54/h9-22H,(H,47,48)(H,49,50)(H,51,52)(H,53,54)(H,55,56)(H,57,58)(H,59,60)(H,61,62). The van der Waals surface area contributed by atoms with E-state index in [9.17, 15) is 79.2 Å². The Balaban J connectivity index is 1.86. The van der Waals surface area contributed by atoms with E-state index < -0.39 is 92.3 Å². The number of hydrogen-bond acceptors (Lipinski definition) is 8. The summed E-state index contributed by atoms with van der Waals surface area (Å²) in [6.45, 7) is 0. The van der Waals surface area contributed by atoms with Gasteiger partial charge in [-0.3, -0.25) is 0 Å². The van der Waals surface area contributed by atoms with Gasteiger partial charge in [0.25, 0.3) is 0 Å². The first kappa shape index (κ1) is 43.2. The van der Waals surface area contributed by atoms with Crippen molar-refractivity contribution in [1.82, 2.24) is 0 Å². The molecule has 0 aromatic heterocycles. The van der Waals surface area contributed by atoms with Crippen molar-refractivity contribution in [3.8, 4) is 47.4 Å². The average Bonchev–Trinajstić information content (AvgIpc) is 3.22. The summed E-state index contributed by atoms with van der Waals surface area (Å²) in [5, 5.41) is 76.6. The lowest BCUT2D eigenvalue weighted by atomic mass is 9.96. The van der Waals surface area contributed by atoms with E-state index in [1.54, 1.807) is 0 Å². The minimum Gasteiger partial charge on any atom is -0.478 e. The molecule has 0 aliphatic heterocycles. The van der Waals surface area contributed by atoms with E-state index in [0.717, 1.165) is 72.8 Å². The van der Waals surface area contributed by atoms with Crippen molar-refractivity contribution in [3.05, 3.63) is 174 Å². The lowest BCUT2D eigenvalue weighted by molar-refractivity contribution is 0.0676. The van der Waals surface area contributed by atoms with Crippen molar-refractivity contribution < 1.29 is 79.2 Å². The van der Waals surface area contributed by atoms with Gasteiger partial charge in [-0.2, -0.15) is 0 Å². The zero-order valence-electron chi connectivity index (χ0n) is 30.9. The number of carbonyl (C=O) groups is 8. The third-order valence-corrected chi connectivity index (χ3v) is 8.23. The Morgan fingerprint density at radius 3 is 0.500 bits per heavy atom. The third-order valence-electron chi connectivity index (χ3n) is 8.23. The van der Waals surface area contributed by atoms with Crippen LogP contribution in [0.4, 0.5) is 0 Å². The van der Waals surface area contributed by atoms with Gasteiger partial charge in [0.1, 0.15) is 0 Å². The van der Waals surface area contributed by atoms with Crippen LogP contribution in [-0.4, -0.2) is 88.6 Å². The van der Waals surface area contributed by atoms with Crippen LogP contribution in [0.2, 0.25) is 0 Å². The van der Waals surface area contributed by atoms with Crippen LogP contribution in [0.25, 0.3) is 0 Å². The first-order valence-corrected chi connectivity index (χ1v) is 17.0. The molecule has 0 amide bonds. The second-order valence-electron chi connectivity index (χ2n) is 12.6. The first-order chi connectivity index (χ1) is 29.3. The van der Waals surface area contributed by atoms with Gasteiger partial charge in [-0.05, 0) is 84.9 Å². The second-order valence-corrected chi connectivity index (χ2v) is 12.6. The maximum atomic E-state index is 11.8. The first-order valence-electron chi connectivity index (χ1n) is 17.0. The molecule has 0 atom stereocenters. The Labute approximate surface area is 347 Å². The third kappa shape index (κ3) is 10.7. The van der Waals surface area contributed by atoms with Crippen molar-refractivity contribution in [1.29, 1.82) is 0 Å². The van der Waals surface area contributed by atoms with Gasteiger partial charge in [0, 0.05) is 44.5 Å². The van der Waals surface area contributed by atoms with Crippen molar-refractivity contribution in [2.75, 3.05) is 0 Å². The summed E-state index contributed by atoms with van der Waals surface area (Å²) in [5.74, 6) is 9.98. The van der Waals surface area contributed by atoms with E-state index in [0.29, 0.717) is 0 Å². The van der Waals surface area contributed by atoms with Crippen LogP contribution in [0, 0.1) is 47.4 Å². The van der Waals surface area contributed by atoms with Gasteiger partial charge in [0.15, 0.2) is 0 Å². The Morgan fingerprint density at radius 1 is 0.226 bits per heavy atom. The molecular weight excluding hydrogens is 808 g/mol.